The molecule has 0 atom stereocenters. The molecule has 0 heterocycles. The van der Waals surface area contributed by atoms with E-state index < -0.39 is 17.8 Å². The quantitative estimate of drug-likeness (QED) is 0.805. The second-order valence-electron chi connectivity index (χ2n) is 4.65. The van der Waals surface area contributed by atoms with Crippen molar-refractivity contribution in [2.45, 2.75) is 6.92 Å². The molecule has 0 bridgehead atoms. The third-order valence-corrected chi connectivity index (χ3v) is 3.09. The number of carbonyl (C=O) groups excluding carboxylic acids is 1. The Morgan fingerprint density at radius 3 is 2.09 bits per heavy atom. The van der Waals surface area contributed by atoms with E-state index in [9.17, 15) is 19.5 Å². The molecule has 0 radical (unpaired) electrons. The minimum Gasteiger partial charge on any atom is -0.478 e. The summed E-state index contributed by atoms with van der Waals surface area (Å²) in [5.41, 5.74) is 0.419. The molecule has 0 aliphatic heterocycles. The van der Waals surface area contributed by atoms with Crippen molar-refractivity contribution >= 4 is 23.5 Å². The second-order valence-corrected chi connectivity index (χ2v) is 4.65. The summed E-state index contributed by atoms with van der Waals surface area (Å²) in [6, 6.07) is 10.7. The highest BCUT2D eigenvalue weighted by atomic mass is 16.4. The van der Waals surface area contributed by atoms with E-state index in [1.165, 1.54) is 6.07 Å². The van der Waals surface area contributed by atoms with Crippen molar-refractivity contribution in [1.29, 1.82) is 0 Å². The molecule has 0 aliphatic carbocycles. The van der Waals surface area contributed by atoms with Crippen LogP contribution >= 0.6 is 0 Å². The molecule has 6 nitrogen and oxygen atoms in total. The number of rotatable bonds is 4. The number of anilines is 1. The van der Waals surface area contributed by atoms with E-state index in [2.05, 4.69) is 5.32 Å². The topological polar surface area (TPSA) is 104 Å². The minimum atomic E-state index is -1.31. The molecule has 0 spiro atoms. The number of aromatic carboxylic acids is 2. The normalized spacial score (nSPS) is 10.0. The van der Waals surface area contributed by atoms with E-state index in [1.54, 1.807) is 37.3 Å². The van der Waals surface area contributed by atoms with E-state index in [1.807, 2.05) is 0 Å². The van der Waals surface area contributed by atoms with Gasteiger partial charge in [0.05, 0.1) is 16.8 Å². The van der Waals surface area contributed by atoms with Crippen LogP contribution in [-0.2, 0) is 0 Å². The molecule has 0 saturated heterocycles. The van der Waals surface area contributed by atoms with Crippen LogP contribution < -0.4 is 5.32 Å². The Labute approximate surface area is 126 Å². The SMILES string of the molecule is Cc1cc(C(=O)O)cc(C(=O)O)c1NC(=O)c1ccccc1. The van der Waals surface area contributed by atoms with E-state index in [-0.39, 0.29) is 16.8 Å². The monoisotopic (exact) mass is 299 g/mol. The summed E-state index contributed by atoms with van der Waals surface area (Å²) in [6.45, 7) is 1.54. The van der Waals surface area contributed by atoms with Crippen LogP contribution in [0.15, 0.2) is 42.5 Å². The van der Waals surface area contributed by atoms with Gasteiger partial charge in [0.2, 0.25) is 0 Å². The van der Waals surface area contributed by atoms with Gasteiger partial charge in [0.15, 0.2) is 0 Å². The third kappa shape index (κ3) is 3.12. The van der Waals surface area contributed by atoms with Gasteiger partial charge in [-0.1, -0.05) is 18.2 Å². The van der Waals surface area contributed by atoms with Crippen molar-refractivity contribution in [3.05, 3.63) is 64.7 Å². The van der Waals surface area contributed by atoms with Gasteiger partial charge in [-0.3, -0.25) is 4.79 Å². The standard InChI is InChI=1S/C16H13NO5/c1-9-7-11(15(19)20)8-12(16(21)22)13(9)17-14(18)10-5-3-2-4-6-10/h2-8H,1H3,(H,17,18)(H,19,20)(H,21,22). The number of benzene rings is 2. The maximum atomic E-state index is 12.1. The van der Waals surface area contributed by atoms with Crippen LogP contribution in [0, 0.1) is 6.92 Å². The Hall–Kier alpha value is -3.15. The maximum absolute atomic E-state index is 12.1. The third-order valence-electron chi connectivity index (χ3n) is 3.09. The number of carboxylic acids is 2. The first-order valence-corrected chi connectivity index (χ1v) is 6.37. The Morgan fingerprint density at radius 1 is 0.909 bits per heavy atom. The van der Waals surface area contributed by atoms with Gasteiger partial charge in [0, 0.05) is 5.56 Å². The van der Waals surface area contributed by atoms with Crippen LogP contribution in [0.5, 0.6) is 0 Å². The van der Waals surface area contributed by atoms with Crippen molar-refractivity contribution in [2.75, 3.05) is 5.32 Å². The molecular formula is C16H13NO5. The van der Waals surface area contributed by atoms with Crippen LogP contribution in [0.3, 0.4) is 0 Å². The minimum absolute atomic E-state index is 0.0892. The molecule has 0 fully saturated rings. The summed E-state index contributed by atoms with van der Waals surface area (Å²) >= 11 is 0. The van der Waals surface area contributed by atoms with Crippen molar-refractivity contribution in [3.63, 3.8) is 0 Å². The number of carbonyl (C=O) groups is 3. The summed E-state index contributed by atoms with van der Waals surface area (Å²) in [5.74, 6) is -3.00. The van der Waals surface area contributed by atoms with Gasteiger partial charge in [-0.2, -0.15) is 0 Å². The maximum Gasteiger partial charge on any atom is 0.337 e. The smallest absolute Gasteiger partial charge is 0.337 e. The fourth-order valence-electron chi connectivity index (χ4n) is 2.02. The molecule has 2 rings (SSSR count). The van der Waals surface area contributed by atoms with E-state index in [4.69, 9.17) is 5.11 Å². The summed E-state index contributed by atoms with van der Waals surface area (Å²) in [5, 5.41) is 20.8. The number of hydrogen-bond acceptors (Lipinski definition) is 3. The van der Waals surface area contributed by atoms with Crippen LogP contribution in [-0.4, -0.2) is 28.1 Å². The highest BCUT2D eigenvalue weighted by Gasteiger charge is 2.19. The largest absolute Gasteiger partial charge is 0.478 e. The summed E-state index contributed by atoms with van der Waals surface area (Å²) in [7, 11) is 0. The molecule has 1 amide bonds. The van der Waals surface area contributed by atoms with Gasteiger partial charge in [-0.25, -0.2) is 9.59 Å². The molecule has 0 saturated carbocycles. The average Bonchev–Trinajstić information content (AvgIpc) is 2.49. The van der Waals surface area contributed by atoms with Crippen LogP contribution in [0.2, 0.25) is 0 Å². The first-order valence-electron chi connectivity index (χ1n) is 6.37. The lowest BCUT2D eigenvalue weighted by atomic mass is 10.0. The first kappa shape index (κ1) is 15.2. The highest BCUT2D eigenvalue weighted by Crippen LogP contribution is 2.24. The number of aryl methyl sites for hydroxylation is 1. The molecular weight excluding hydrogens is 286 g/mol. The zero-order valence-electron chi connectivity index (χ0n) is 11.7. The summed E-state index contributed by atoms with van der Waals surface area (Å²) < 4.78 is 0. The Morgan fingerprint density at radius 2 is 1.55 bits per heavy atom. The van der Waals surface area contributed by atoms with E-state index in [0.29, 0.717) is 11.1 Å². The van der Waals surface area contributed by atoms with Gasteiger partial charge >= 0.3 is 11.9 Å². The van der Waals surface area contributed by atoms with Crippen LogP contribution in [0.1, 0.15) is 36.6 Å². The van der Waals surface area contributed by atoms with E-state index >= 15 is 0 Å². The zero-order chi connectivity index (χ0) is 16.3. The molecule has 0 aliphatic rings. The average molecular weight is 299 g/mol. The number of hydrogen-bond donors (Lipinski definition) is 3. The molecule has 3 N–H and O–H groups in total. The Bertz CT molecular complexity index is 753. The molecule has 6 heteroatoms. The molecule has 2 aromatic carbocycles. The van der Waals surface area contributed by atoms with Crippen molar-refractivity contribution in [1.82, 2.24) is 0 Å². The first-order chi connectivity index (χ1) is 10.4. The fourth-order valence-corrected chi connectivity index (χ4v) is 2.02. The zero-order valence-corrected chi connectivity index (χ0v) is 11.7. The van der Waals surface area contributed by atoms with Crippen molar-refractivity contribution in [3.8, 4) is 0 Å². The molecule has 2 aromatic rings. The van der Waals surface area contributed by atoms with Crippen LogP contribution in [0.25, 0.3) is 0 Å². The van der Waals surface area contributed by atoms with Crippen molar-refractivity contribution < 1.29 is 24.6 Å². The van der Waals surface area contributed by atoms with Crippen molar-refractivity contribution in [2.24, 2.45) is 0 Å². The molecule has 0 aromatic heterocycles. The molecule has 22 heavy (non-hydrogen) atoms. The fraction of sp³-hybridized carbons (Fsp3) is 0.0625. The van der Waals surface area contributed by atoms with Gasteiger partial charge in [-0.05, 0) is 36.8 Å². The van der Waals surface area contributed by atoms with Gasteiger partial charge < -0.3 is 15.5 Å². The lowest BCUT2D eigenvalue weighted by molar-refractivity contribution is 0.0696. The van der Waals surface area contributed by atoms with Crippen LogP contribution in [0.4, 0.5) is 5.69 Å². The van der Waals surface area contributed by atoms with E-state index in [0.717, 1.165) is 6.07 Å². The number of amides is 1. The second kappa shape index (κ2) is 6.09. The lowest BCUT2D eigenvalue weighted by Crippen LogP contribution is -2.16. The molecule has 112 valence electrons. The predicted octanol–water partition coefficient (Wildman–Crippen LogP) is 2.64. The predicted molar refractivity (Wildman–Crippen MR) is 79.5 cm³/mol. The van der Waals surface area contributed by atoms with Gasteiger partial charge in [0.1, 0.15) is 0 Å². The van der Waals surface area contributed by atoms with Gasteiger partial charge in [-0.15, -0.1) is 0 Å². The Balaban J connectivity index is 2.44. The Kier molecular flexibility index (Phi) is 4.22. The van der Waals surface area contributed by atoms with Gasteiger partial charge in [0.25, 0.3) is 5.91 Å². The molecule has 0 unspecified atom stereocenters. The number of carboxylic acid groups (broad SMARTS) is 2. The summed E-state index contributed by atoms with van der Waals surface area (Å²) in [4.78, 5) is 34.5. The summed E-state index contributed by atoms with van der Waals surface area (Å²) in [6.07, 6.45) is 0. The number of nitrogens with one attached hydrogen (secondary N) is 1. The lowest BCUT2D eigenvalue weighted by Gasteiger charge is -2.13. The highest BCUT2D eigenvalue weighted by molar-refractivity contribution is 6.09.